The second-order valence-electron chi connectivity index (χ2n) is 5.79. The van der Waals surface area contributed by atoms with Crippen LogP contribution in [0.5, 0.6) is 0 Å². The molecule has 2 atom stereocenters. The van der Waals surface area contributed by atoms with Crippen molar-refractivity contribution in [2.24, 2.45) is 5.92 Å². The molecule has 23 heavy (non-hydrogen) atoms. The number of carbonyl (C=O) groups is 1. The monoisotopic (exact) mass is 329 g/mol. The van der Waals surface area contributed by atoms with Crippen LogP contribution >= 0.6 is 0 Å². The minimum Gasteiger partial charge on any atom is -0.355 e. The molecular weight excluding hydrogens is 306 g/mol. The summed E-state index contributed by atoms with van der Waals surface area (Å²) in [4.78, 5) is 13.3. The molecule has 0 aliphatic carbocycles. The van der Waals surface area contributed by atoms with Gasteiger partial charge < -0.3 is 5.32 Å². The maximum absolute atomic E-state index is 12.5. The molecule has 122 valence electrons. The molecular formula is C19H23NO2S. The molecule has 2 rings (SSSR count). The lowest BCUT2D eigenvalue weighted by Gasteiger charge is -2.20. The number of rotatable bonds is 7. The normalized spacial score (nSPS) is 13.5. The zero-order chi connectivity index (χ0) is 16.7. The van der Waals surface area contributed by atoms with Crippen LogP contribution in [0.2, 0.25) is 0 Å². The number of benzene rings is 2. The lowest BCUT2D eigenvalue weighted by Crippen LogP contribution is -2.34. The highest BCUT2D eigenvalue weighted by Gasteiger charge is 2.23. The van der Waals surface area contributed by atoms with Gasteiger partial charge in [-0.15, -0.1) is 0 Å². The summed E-state index contributed by atoms with van der Waals surface area (Å²) in [5.74, 6) is 0.449. The van der Waals surface area contributed by atoms with Gasteiger partial charge in [0, 0.05) is 17.2 Å². The Morgan fingerprint density at radius 2 is 1.57 bits per heavy atom. The number of nitrogens with one attached hydrogen (secondary N) is 1. The quantitative estimate of drug-likeness (QED) is 0.847. The predicted octanol–water partition coefficient (Wildman–Crippen LogP) is 3.35. The van der Waals surface area contributed by atoms with Gasteiger partial charge >= 0.3 is 0 Å². The Labute approximate surface area is 140 Å². The Bertz CT molecular complexity index is 641. The van der Waals surface area contributed by atoms with Crippen LogP contribution in [0.1, 0.15) is 25.3 Å². The molecule has 0 radical (unpaired) electrons. The van der Waals surface area contributed by atoms with Crippen LogP contribution in [0.15, 0.2) is 65.6 Å². The standard InChI is InChI=1S/C19H23NO2S/c1-15(2)18(16-9-5-3-6-10-16)19(21)20-13-14-23(22)17-11-7-4-8-12-17/h3-12,15,18H,13-14H2,1-2H3,(H,20,21)/t18-,23+/m1/s1. The van der Waals surface area contributed by atoms with Gasteiger partial charge in [0.15, 0.2) is 0 Å². The Kier molecular flexibility index (Phi) is 6.53. The van der Waals surface area contributed by atoms with Crippen LogP contribution in [-0.4, -0.2) is 22.4 Å². The van der Waals surface area contributed by atoms with E-state index < -0.39 is 10.8 Å². The SMILES string of the molecule is CC(C)[C@@H](C(=O)NCC[S@](=O)c1ccccc1)c1ccccc1. The summed E-state index contributed by atoms with van der Waals surface area (Å²) in [6.45, 7) is 4.50. The minimum absolute atomic E-state index is 0.00346. The van der Waals surface area contributed by atoms with Gasteiger partial charge in [-0.1, -0.05) is 62.4 Å². The van der Waals surface area contributed by atoms with E-state index in [0.717, 1.165) is 10.5 Å². The molecule has 2 aromatic carbocycles. The van der Waals surface area contributed by atoms with E-state index in [9.17, 15) is 9.00 Å². The predicted molar refractivity (Wildman–Crippen MR) is 94.7 cm³/mol. The lowest BCUT2D eigenvalue weighted by molar-refractivity contribution is -0.123. The summed E-state index contributed by atoms with van der Waals surface area (Å²) in [7, 11) is -1.08. The molecule has 0 fully saturated rings. The number of hydrogen-bond acceptors (Lipinski definition) is 2. The number of hydrogen-bond donors (Lipinski definition) is 1. The van der Waals surface area contributed by atoms with E-state index in [0.29, 0.717) is 12.3 Å². The Morgan fingerprint density at radius 1 is 1.00 bits per heavy atom. The van der Waals surface area contributed by atoms with E-state index in [2.05, 4.69) is 5.32 Å². The maximum atomic E-state index is 12.5. The summed E-state index contributed by atoms with van der Waals surface area (Å²) in [5, 5.41) is 2.93. The molecule has 0 bridgehead atoms. The van der Waals surface area contributed by atoms with Crippen molar-refractivity contribution >= 4 is 16.7 Å². The Morgan fingerprint density at radius 3 is 2.13 bits per heavy atom. The van der Waals surface area contributed by atoms with Crippen molar-refractivity contribution < 1.29 is 9.00 Å². The van der Waals surface area contributed by atoms with Crippen molar-refractivity contribution in [3.8, 4) is 0 Å². The molecule has 0 heterocycles. The van der Waals surface area contributed by atoms with Crippen molar-refractivity contribution in [1.82, 2.24) is 5.32 Å². The van der Waals surface area contributed by atoms with E-state index >= 15 is 0 Å². The second-order valence-corrected chi connectivity index (χ2v) is 7.36. The van der Waals surface area contributed by atoms with Crippen LogP contribution in [0.4, 0.5) is 0 Å². The fourth-order valence-electron chi connectivity index (χ4n) is 2.57. The van der Waals surface area contributed by atoms with Gasteiger partial charge in [-0.25, -0.2) is 0 Å². The molecule has 0 unspecified atom stereocenters. The molecule has 0 aliphatic rings. The molecule has 0 saturated carbocycles. The molecule has 1 amide bonds. The molecule has 3 nitrogen and oxygen atoms in total. The molecule has 0 aromatic heterocycles. The summed E-state index contributed by atoms with van der Waals surface area (Å²) in [6, 6.07) is 19.1. The first-order chi connectivity index (χ1) is 11.1. The van der Waals surface area contributed by atoms with E-state index in [4.69, 9.17) is 0 Å². The van der Waals surface area contributed by atoms with Crippen LogP contribution in [0.25, 0.3) is 0 Å². The minimum atomic E-state index is -1.08. The van der Waals surface area contributed by atoms with Gasteiger partial charge in [-0.2, -0.15) is 0 Å². The first-order valence-electron chi connectivity index (χ1n) is 7.85. The molecule has 1 N–H and O–H groups in total. The molecule has 0 aliphatic heterocycles. The van der Waals surface area contributed by atoms with Crippen molar-refractivity contribution in [2.45, 2.75) is 24.7 Å². The van der Waals surface area contributed by atoms with Gasteiger partial charge in [0.1, 0.15) is 0 Å². The second kappa shape index (κ2) is 8.63. The summed E-state index contributed by atoms with van der Waals surface area (Å²) < 4.78 is 12.2. The van der Waals surface area contributed by atoms with Crippen molar-refractivity contribution in [3.63, 3.8) is 0 Å². The van der Waals surface area contributed by atoms with E-state index in [1.54, 1.807) is 0 Å². The summed E-state index contributed by atoms with van der Waals surface area (Å²) in [6.07, 6.45) is 0. The van der Waals surface area contributed by atoms with Crippen molar-refractivity contribution in [2.75, 3.05) is 12.3 Å². The lowest BCUT2D eigenvalue weighted by atomic mass is 9.88. The smallest absolute Gasteiger partial charge is 0.227 e. The van der Waals surface area contributed by atoms with Gasteiger partial charge in [0.2, 0.25) is 5.91 Å². The first-order valence-corrected chi connectivity index (χ1v) is 9.17. The maximum Gasteiger partial charge on any atom is 0.227 e. The fraction of sp³-hybridized carbons (Fsp3) is 0.316. The average Bonchev–Trinajstić information content (AvgIpc) is 2.56. The zero-order valence-corrected chi connectivity index (χ0v) is 14.4. The fourth-order valence-corrected chi connectivity index (χ4v) is 3.55. The van der Waals surface area contributed by atoms with Crippen LogP contribution in [-0.2, 0) is 15.6 Å². The number of carbonyl (C=O) groups excluding carboxylic acids is 1. The molecule has 4 heteroatoms. The van der Waals surface area contributed by atoms with Gasteiger partial charge in [0.25, 0.3) is 0 Å². The van der Waals surface area contributed by atoms with Crippen LogP contribution in [0, 0.1) is 5.92 Å². The van der Waals surface area contributed by atoms with Gasteiger partial charge in [-0.3, -0.25) is 9.00 Å². The van der Waals surface area contributed by atoms with E-state index in [-0.39, 0.29) is 17.7 Å². The highest BCUT2D eigenvalue weighted by Crippen LogP contribution is 2.24. The molecule has 0 saturated heterocycles. The van der Waals surface area contributed by atoms with Crippen LogP contribution in [0.3, 0.4) is 0 Å². The third-order valence-corrected chi connectivity index (χ3v) is 5.07. The summed E-state index contributed by atoms with van der Waals surface area (Å²) >= 11 is 0. The molecule has 2 aromatic rings. The largest absolute Gasteiger partial charge is 0.355 e. The van der Waals surface area contributed by atoms with E-state index in [1.807, 2.05) is 74.5 Å². The molecule has 0 spiro atoms. The Hall–Kier alpha value is -1.94. The van der Waals surface area contributed by atoms with Crippen LogP contribution < -0.4 is 5.32 Å². The zero-order valence-electron chi connectivity index (χ0n) is 13.6. The highest BCUT2D eigenvalue weighted by molar-refractivity contribution is 7.85. The first kappa shape index (κ1) is 17.4. The van der Waals surface area contributed by atoms with Crippen molar-refractivity contribution in [1.29, 1.82) is 0 Å². The number of amides is 1. The topological polar surface area (TPSA) is 46.2 Å². The third kappa shape index (κ3) is 5.03. The third-order valence-electron chi connectivity index (χ3n) is 3.70. The van der Waals surface area contributed by atoms with E-state index in [1.165, 1.54) is 0 Å². The highest BCUT2D eigenvalue weighted by atomic mass is 32.2. The Balaban J connectivity index is 1.91. The summed E-state index contributed by atoms with van der Waals surface area (Å²) in [5.41, 5.74) is 1.02. The average molecular weight is 329 g/mol. The van der Waals surface area contributed by atoms with Gasteiger partial charge in [0.05, 0.1) is 16.7 Å². The van der Waals surface area contributed by atoms with Gasteiger partial charge in [-0.05, 0) is 23.6 Å². The van der Waals surface area contributed by atoms with Crippen molar-refractivity contribution in [3.05, 3.63) is 66.2 Å².